The van der Waals surface area contributed by atoms with Gasteiger partial charge in [-0.1, -0.05) is 269 Å². The molecule has 0 N–H and O–H groups in total. The molecule has 0 amide bonds. The molecule has 8 aromatic carbocycles. The summed E-state index contributed by atoms with van der Waals surface area (Å²) in [6.45, 7) is 38.2. The van der Waals surface area contributed by atoms with Gasteiger partial charge >= 0.3 is 0 Å². The number of benzene rings is 8. The summed E-state index contributed by atoms with van der Waals surface area (Å²) in [5, 5.41) is 0. The summed E-state index contributed by atoms with van der Waals surface area (Å²) in [5.41, 5.74) is 19.9. The molecule has 376 valence electrons. The molecule has 0 aliphatic heterocycles. The molecule has 0 saturated carbocycles. The molecule has 0 heterocycles. The van der Waals surface area contributed by atoms with E-state index in [1.807, 2.05) is 111 Å². The summed E-state index contributed by atoms with van der Waals surface area (Å²) in [6, 6.07) is 71.8. The smallest absolute Gasteiger partial charge is 0.0727 e. The van der Waals surface area contributed by atoms with Crippen molar-refractivity contribution < 1.29 is 0 Å². The fourth-order valence-electron chi connectivity index (χ4n) is 9.58. The summed E-state index contributed by atoms with van der Waals surface area (Å²) in [7, 11) is 0. The number of para-hydroxylation sites is 2. The van der Waals surface area contributed by atoms with E-state index in [0.29, 0.717) is 0 Å². The van der Waals surface area contributed by atoms with Crippen molar-refractivity contribution in [1.82, 2.24) is 0 Å². The highest BCUT2D eigenvalue weighted by atomic mass is 15.1. The SMILES string of the molecule is CC.CC.CC.CC.CC.CC.CC.CC.CCN(c1ccc2c(c1)C1(c3ccccc3-c3ccccc31)c1cc(N(CC)c3ccccc3-c3ccccc3)ccc1-2)c1ccccc1-c1ccccc1. The van der Waals surface area contributed by atoms with Crippen molar-refractivity contribution in [3.8, 4) is 44.5 Å². The van der Waals surface area contributed by atoms with E-state index in [2.05, 4.69) is 218 Å². The van der Waals surface area contributed by atoms with E-state index in [-0.39, 0.29) is 0 Å². The van der Waals surface area contributed by atoms with Gasteiger partial charge in [0.1, 0.15) is 0 Å². The minimum atomic E-state index is -0.472. The molecule has 2 heteroatoms. The van der Waals surface area contributed by atoms with E-state index in [1.165, 1.54) is 89.5 Å². The molecule has 0 bridgehead atoms. The second-order valence-corrected chi connectivity index (χ2v) is 14.6. The van der Waals surface area contributed by atoms with E-state index in [9.17, 15) is 0 Å². The first-order valence-electron chi connectivity index (χ1n) is 27.5. The second kappa shape index (κ2) is 32.3. The molecule has 10 rings (SSSR count). The normalized spacial score (nSPS) is 10.6. The highest BCUT2D eigenvalue weighted by molar-refractivity contribution is 5.97. The number of rotatable bonds is 8. The lowest BCUT2D eigenvalue weighted by molar-refractivity contribution is 0.792. The van der Waals surface area contributed by atoms with Crippen molar-refractivity contribution in [1.29, 1.82) is 0 Å². The summed E-state index contributed by atoms with van der Waals surface area (Å²) in [6.07, 6.45) is 0. The molecule has 1 spiro atoms. The maximum absolute atomic E-state index is 2.50. The van der Waals surface area contributed by atoms with Gasteiger partial charge in [-0.15, -0.1) is 0 Å². The van der Waals surface area contributed by atoms with Gasteiger partial charge in [0, 0.05) is 47.0 Å². The first kappa shape index (κ1) is 60.5. The lowest BCUT2D eigenvalue weighted by Crippen LogP contribution is -2.27. The van der Waals surface area contributed by atoms with E-state index in [0.717, 1.165) is 13.1 Å². The zero-order valence-electron chi connectivity index (χ0n) is 47.3. The Morgan fingerprint density at radius 1 is 0.268 bits per heavy atom. The maximum atomic E-state index is 2.50. The van der Waals surface area contributed by atoms with Gasteiger partial charge in [0.05, 0.1) is 5.41 Å². The van der Waals surface area contributed by atoms with Crippen LogP contribution in [0.3, 0.4) is 0 Å². The third-order valence-corrected chi connectivity index (χ3v) is 11.9. The highest BCUT2D eigenvalue weighted by Crippen LogP contribution is 2.64. The van der Waals surface area contributed by atoms with Crippen LogP contribution in [0.2, 0.25) is 0 Å². The molecule has 71 heavy (non-hydrogen) atoms. The summed E-state index contributed by atoms with van der Waals surface area (Å²) >= 11 is 0. The van der Waals surface area contributed by atoms with Crippen LogP contribution in [-0.4, -0.2) is 13.1 Å². The molecule has 0 radical (unpaired) electrons. The van der Waals surface area contributed by atoms with Crippen LogP contribution < -0.4 is 9.80 Å². The molecular weight excluding hydrogens is 857 g/mol. The van der Waals surface area contributed by atoms with Gasteiger partial charge in [-0.25, -0.2) is 0 Å². The monoisotopic (exact) mass is 947 g/mol. The van der Waals surface area contributed by atoms with Crippen molar-refractivity contribution in [2.24, 2.45) is 0 Å². The van der Waals surface area contributed by atoms with Gasteiger partial charge in [-0.3, -0.25) is 0 Å². The molecule has 0 atom stereocenters. The van der Waals surface area contributed by atoms with Gasteiger partial charge in [-0.05, 0) is 106 Å². The molecule has 2 aliphatic rings. The predicted octanol–water partition coefficient (Wildman–Crippen LogP) is 21.9. The van der Waals surface area contributed by atoms with E-state index in [1.54, 1.807) is 0 Å². The van der Waals surface area contributed by atoms with Gasteiger partial charge < -0.3 is 9.80 Å². The number of hydrogen-bond acceptors (Lipinski definition) is 2. The highest BCUT2D eigenvalue weighted by Gasteiger charge is 2.52. The van der Waals surface area contributed by atoms with Crippen LogP contribution in [0.1, 0.15) is 147 Å². The first-order valence-corrected chi connectivity index (χ1v) is 27.5. The van der Waals surface area contributed by atoms with Crippen LogP contribution in [-0.2, 0) is 5.41 Å². The fourth-order valence-corrected chi connectivity index (χ4v) is 9.58. The molecule has 2 aliphatic carbocycles. The van der Waals surface area contributed by atoms with Crippen LogP contribution >= 0.6 is 0 Å². The average molecular weight is 947 g/mol. The lowest BCUT2D eigenvalue weighted by Gasteiger charge is -2.33. The Labute approximate surface area is 434 Å². The third-order valence-electron chi connectivity index (χ3n) is 11.9. The van der Waals surface area contributed by atoms with Crippen molar-refractivity contribution in [3.63, 3.8) is 0 Å². The summed E-state index contributed by atoms with van der Waals surface area (Å²) in [4.78, 5) is 4.97. The molecule has 2 nitrogen and oxygen atoms in total. The van der Waals surface area contributed by atoms with E-state index < -0.39 is 5.41 Å². The van der Waals surface area contributed by atoms with E-state index in [4.69, 9.17) is 0 Å². The molecule has 0 fully saturated rings. The molecule has 0 saturated heterocycles. The number of anilines is 4. The van der Waals surface area contributed by atoms with Gasteiger partial charge in [0.15, 0.2) is 0 Å². The largest absolute Gasteiger partial charge is 0.341 e. The zero-order valence-corrected chi connectivity index (χ0v) is 47.3. The van der Waals surface area contributed by atoms with Crippen LogP contribution in [0.15, 0.2) is 194 Å². The zero-order chi connectivity index (χ0) is 52.9. The minimum absolute atomic E-state index is 0.472. The lowest BCUT2D eigenvalue weighted by atomic mass is 9.70. The topological polar surface area (TPSA) is 6.48 Å². The van der Waals surface area contributed by atoms with Crippen LogP contribution in [0.4, 0.5) is 22.7 Å². The van der Waals surface area contributed by atoms with Crippen LogP contribution in [0.25, 0.3) is 44.5 Å². The average Bonchev–Trinajstić information content (AvgIpc) is 3.95. The van der Waals surface area contributed by atoms with Crippen LogP contribution in [0.5, 0.6) is 0 Å². The van der Waals surface area contributed by atoms with Crippen molar-refractivity contribution in [3.05, 3.63) is 216 Å². The minimum Gasteiger partial charge on any atom is -0.341 e. The maximum Gasteiger partial charge on any atom is 0.0727 e. The van der Waals surface area contributed by atoms with Crippen molar-refractivity contribution in [2.45, 2.75) is 130 Å². The Balaban J connectivity index is 0.000000988. The standard InChI is InChI=1S/C53H42N2.8C2H6/c1-3-54(51-29-17-13-23-41(51)37-19-7-5-8-20-37)39-31-33-45-46-34-32-40(55(4-2)52-30-18-14-24-42(52)38-21-9-6-10-22-38)36-50(46)53(49(45)35-39)47-27-15-11-25-43(47)44-26-12-16-28-48(44)53;8*1-2/h5-36H,3-4H2,1-2H3;8*1-2H3. The molecular formula is C69H90N2. The summed E-state index contributed by atoms with van der Waals surface area (Å²) < 4.78 is 0. The quantitative estimate of drug-likeness (QED) is 0.150. The Morgan fingerprint density at radius 2 is 0.535 bits per heavy atom. The first-order chi connectivity index (χ1) is 35.2. The number of hydrogen-bond donors (Lipinski definition) is 0. The Bertz CT molecular complexity index is 2510. The second-order valence-electron chi connectivity index (χ2n) is 14.6. The van der Waals surface area contributed by atoms with Gasteiger partial charge in [0.2, 0.25) is 0 Å². The Hall–Kier alpha value is -6.64. The Morgan fingerprint density at radius 3 is 0.859 bits per heavy atom. The van der Waals surface area contributed by atoms with Crippen LogP contribution in [0, 0.1) is 0 Å². The van der Waals surface area contributed by atoms with Crippen molar-refractivity contribution >= 4 is 22.7 Å². The molecule has 8 aromatic rings. The molecule has 0 aromatic heterocycles. The van der Waals surface area contributed by atoms with Gasteiger partial charge in [0.25, 0.3) is 0 Å². The van der Waals surface area contributed by atoms with Gasteiger partial charge in [-0.2, -0.15) is 0 Å². The molecule has 0 unspecified atom stereocenters. The Kier molecular flexibility index (Phi) is 27.5. The van der Waals surface area contributed by atoms with E-state index >= 15 is 0 Å². The number of nitrogens with zero attached hydrogens (tertiary/aromatic N) is 2. The third kappa shape index (κ3) is 12.3. The fraction of sp³-hybridized carbons (Fsp3) is 0.304. The van der Waals surface area contributed by atoms with Crippen molar-refractivity contribution in [2.75, 3.05) is 22.9 Å². The summed E-state index contributed by atoms with van der Waals surface area (Å²) in [5.74, 6) is 0. The number of fused-ring (bicyclic) bond motifs is 10. The predicted molar refractivity (Wildman–Crippen MR) is 323 cm³/mol.